The molecule has 0 radical (unpaired) electrons. The van der Waals surface area contributed by atoms with Crippen LogP contribution >= 0.6 is 0 Å². The van der Waals surface area contributed by atoms with Crippen molar-refractivity contribution < 1.29 is 9.21 Å². The maximum Gasteiger partial charge on any atom is 0.291 e. The molecule has 5 nitrogen and oxygen atoms in total. The Hall–Kier alpha value is -3.08. The molecule has 0 spiro atoms. The van der Waals surface area contributed by atoms with Gasteiger partial charge in [0.2, 0.25) is 0 Å². The Morgan fingerprint density at radius 3 is 2.67 bits per heavy atom. The van der Waals surface area contributed by atoms with Crippen molar-refractivity contribution in [2.24, 2.45) is 0 Å². The van der Waals surface area contributed by atoms with Gasteiger partial charge < -0.3 is 15.5 Å². The molecule has 0 fully saturated rings. The second kappa shape index (κ2) is 5.13. The van der Waals surface area contributed by atoms with Gasteiger partial charge in [-0.05, 0) is 30.3 Å². The largest absolute Gasteiger partial charge is 0.451 e. The molecule has 21 heavy (non-hydrogen) atoms. The first kappa shape index (κ1) is 12.9. The molecular formula is C16H12N2O3. The summed E-state index contributed by atoms with van der Waals surface area (Å²) in [5.74, 6) is -0.537. The summed E-state index contributed by atoms with van der Waals surface area (Å²) in [5.41, 5.74) is 6.84. The number of hydrogen-bond donors (Lipinski definition) is 2. The Kier molecular flexibility index (Phi) is 3.16. The van der Waals surface area contributed by atoms with Gasteiger partial charge >= 0.3 is 0 Å². The summed E-state index contributed by atoms with van der Waals surface area (Å²) in [6, 6.07) is 14.7. The molecular weight excluding hydrogens is 268 g/mol. The van der Waals surface area contributed by atoms with Gasteiger partial charge in [0, 0.05) is 17.4 Å². The van der Waals surface area contributed by atoms with Gasteiger partial charge in [-0.15, -0.1) is 0 Å². The normalized spacial score (nSPS) is 10.5. The number of hydrogen-bond acceptors (Lipinski definition) is 4. The number of fused-ring (bicyclic) bond motifs is 1. The third-order valence-corrected chi connectivity index (χ3v) is 3.00. The highest BCUT2D eigenvalue weighted by atomic mass is 16.3. The number of amides is 1. The maximum absolute atomic E-state index is 12.1. The first-order chi connectivity index (χ1) is 10.1. The van der Waals surface area contributed by atoms with Crippen molar-refractivity contribution in [3.05, 3.63) is 70.6 Å². The molecule has 0 atom stereocenters. The van der Waals surface area contributed by atoms with Crippen LogP contribution in [0, 0.1) is 0 Å². The van der Waals surface area contributed by atoms with Crippen molar-refractivity contribution in [3.8, 4) is 0 Å². The molecule has 3 rings (SSSR count). The van der Waals surface area contributed by atoms with Crippen molar-refractivity contribution in [2.75, 3.05) is 11.1 Å². The van der Waals surface area contributed by atoms with Crippen LogP contribution in [-0.2, 0) is 0 Å². The van der Waals surface area contributed by atoms with Crippen LogP contribution in [0.5, 0.6) is 0 Å². The second-order valence-corrected chi connectivity index (χ2v) is 4.55. The molecule has 1 heterocycles. The highest BCUT2D eigenvalue weighted by molar-refractivity contribution is 6.03. The fraction of sp³-hybridized carbons (Fsp3) is 0. The fourth-order valence-electron chi connectivity index (χ4n) is 2.02. The number of para-hydroxylation sites is 1. The smallest absolute Gasteiger partial charge is 0.291 e. The highest BCUT2D eigenvalue weighted by Crippen LogP contribution is 2.15. The van der Waals surface area contributed by atoms with Gasteiger partial charge in [0.05, 0.1) is 5.39 Å². The van der Waals surface area contributed by atoms with E-state index >= 15 is 0 Å². The third-order valence-electron chi connectivity index (χ3n) is 3.00. The molecule has 0 unspecified atom stereocenters. The lowest BCUT2D eigenvalue weighted by atomic mass is 10.2. The van der Waals surface area contributed by atoms with Crippen LogP contribution in [0.1, 0.15) is 10.6 Å². The van der Waals surface area contributed by atoms with Crippen LogP contribution in [0.15, 0.2) is 63.8 Å². The molecule has 1 aromatic heterocycles. The SMILES string of the molecule is Nc1cccc(NC(=O)c2cc(=O)c3ccccc3o2)c1. The minimum Gasteiger partial charge on any atom is -0.451 e. The van der Waals surface area contributed by atoms with Gasteiger partial charge in [-0.3, -0.25) is 9.59 Å². The maximum atomic E-state index is 12.1. The number of nitrogens with two attached hydrogens (primary N) is 1. The first-order valence-corrected chi connectivity index (χ1v) is 6.33. The van der Waals surface area contributed by atoms with E-state index in [0.29, 0.717) is 22.3 Å². The second-order valence-electron chi connectivity index (χ2n) is 4.55. The van der Waals surface area contributed by atoms with Gasteiger partial charge in [-0.1, -0.05) is 18.2 Å². The van der Waals surface area contributed by atoms with Crippen LogP contribution in [-0.4, -0.2) is 5.91 Å². The molecule has 3 aromatic rings. The molecule has 5 heteroatoms. The Morgan fingerprint density at radius 1 is 1.05 bits per heavy atom. The zero-order chi connectivity index (χ0) is 14.8. The average molecular weight is 280 g/mol. The molecule has 2 aromatic carbocycles. The van der Waals surface area contributed by atoms with Crippen LogP contribution in [0.25, 0.3) is 11.0 Å². The topological polar surface area (TPSA) is 85.3 Å². The zero-order valence-electron chi connectivity index (χ0n) is 11.0. The summed E-state index contributed by atoms with van der Waals surface area (Å²) >= 11 is 0. The average Bonchev–Trinajstić information content (AvgIpc) is 2.47. The van der Waals surface area contributed by atoms with Crippen LogP contribution < -0.4 is 16.5 Å². The van der Waals surface area contributed by atoms with Crippen molar-refractivity contribution in [2.45, 2.75) is 0 Å². The first-order valence-electron chi connectivity index (χ1n) is 6.33. The molecule has 0 aliphatic carbocycles. The van der Waals surface area contributed by atoms with Crippen molar-refractivity contribution in [1.82, 2.24) is 0 Å². The van der Waals surface area contributed by atoms with Crippen LogP contribution in [0.2, 0.25) is 0 Å². The molecule has 0 aliphatic heterocycles. The van der Waals surface area contributed by atoms with E-state index < -0.39 is 5.91 Å². The van der Waals surface area contributed by atoms with E-state index in [1.165, 1.54) is 6.07 Å². The molecule has 0 saturated carbocycles. The van der Waals surface area contributed by atoms with Gasteiger partial charge in [-0.25, -0.2) is 0 Å². The molecule has 3 N–H and O–H groups in total. The summed E-state index contributed by atoms with van der Waals surface area (Å²) in [5, 5.41) is 3.08. The van der Waals surface area contributed by atoms with Gasteiger partial charge in [0.15, 0.2) is 11.2 Å². The predicted octanol–water partition coefficient (Wildman–Crippen LogP) is 2.63. The van der Waals surface area contributed by atoms with Crippen molar-refractivity contribution in [1.29, 1.82) is 0 Å². The number of benzene rings is 2. The van der Waals surface area contributed by atoms with E-state index in [9.17, 15) is 9.59 Å². The van der Waals surface area contributed by atoms with E-state index in [4.69, 9.17) is 10.2 Å². The van der Waals surface area contributed by atoms with E-state index in [2.05, 4.69) is 5.32 Å². The monoisotopic (exact) mass is 280 g/mol. The van der Waals surface area contributed by atoms with E-state index in [1.54, 1.807) is 48.5 Å². The quantitative estimate of drug-likeness (QED) is 0.707. The lowest BCUT2D eigenvalue weighted by Crippen LogP contribution is -2.15. The van der Waals surface area contributed by atoms with Crippen LogP contribution in [0.3, 0.4) is 0 Å². The van der Waals surface area contributed by atoms with Gasteiger partial charge in [0.25, 0.3) is 5.91 Å². The molecule has 0 saturated heterocycles. The Labute approximate surface area is 120 Å². The highest BCUT2D eigenvalue weighted by Gasteiger charge is 2.12. The van der Waals surface area contributed by atoms with Gasteiger partial charge in [0.1, 0.15) is 5.58 Å². The summed E-state index contributed by atoms with van der Waals surface area (Å²) in [7, 11) is 0. The standard InChI is InChI=1S/C16H12N2O3/c17-10-4-3-5-11(8-10)18-16(20)15-9-13(19)12-6-1-2-7-14(12)21-15/h1-9H,17H2,(H,18,20). The number of carbonyl (C=O) groups is 1. The molecule has 104 valence electrons. The molecule has 1 amide bonds. The molecule has 0 aliphatic rings. The number of nitrogen functional groups attached to an aromatic ring is 1. The van der Waals surface area contributed by atoms with E-state index in [-0.39, 0.29) is 11.2 Å². The minimum atomic E-state index is -0.497. The predicted molar refractivity (Wildman–Crippen MR) is 81.3 cm³/mol. The minimum absolute atomic E-state index is 0.0406. The summed E-state index contributed by atoms with van der Waals surface area (Å²) in [4.78, 5) is 24.1. The lowest BCUT2D eigenvalue weighted by molar-refractivity contribution is 0.0997. The Bertz CT molecular complexity index is 884. The summed E-state index contributed by atoms with van der Waals surface area (Å²) in [6.07, 6.45) is 0. The van der Waals surface area contributed by atoms with Crippen LogP contribution in [0.4, 0.5) is 11.4 Å². The fourth-order valence-corrected chi connectivity index (χ4v) is 2.02. The summed E-state index contributed by atoms with van der Waals surface area (Å²) < 4.78 is 5.46. The van der Waals surface area contributed by atoms with E-state index in [0.717, 1.165) is 0 Å². The third kappa shape index (κ3) is 2.62. The van der Waals surface area contributed by atoms with Crippen molar-refractivity contribution >= 4 is 28.3 Å². The molecule has 0 bridgehead atoms. The number of rotatable bonds is 2. The number of carbonyl (C=O) groups excluding carboxylic acids is 1. The zero-order valence-corrected chi connectivity index (χ0v) is 11.0. The van der Waals surface area contributed by atoms with Crippen molar-refractivity contribution in [3.63, 3.8) is 0 Å². The van der Waals surface area contributed by atoms with E-state index in [1.807, 2.05) is 0 Å². The number of nitrogens with one attached hydrogen (secondary N) is 1. The summed E-state index contributed by atoms with van der Waals surface area (Å²) in [6.45, 7) is 0. The Morgan fingerprint density at radius 2 is 1.86 bits per heavy atom. The van der Waals surface area contributed by atoms with Gasteiger partial charge in [-0.2, -0.15) is 0 Å². The lowest BCUT2D eigenvalue weighted by Gasteiger charge is -2.06. The number of anilines is 2. The Balaban J connectivity index is 1.96.